The molecule has 0 fully saturated rings. The second-order valence-corrected chi connectivity index (χ2v) is 8.93. The minimum absolute atomic E-state index is 1.09. The highest BCUT2D eigenvalue weighted by atomic mass is 79.9. The highest BCUT2D eigenvalue weighted by molar-refractivity contribution is 9.10. The van der Waals surface area contributed by atoms with E-state index in [0.29, 0.717) is 0 Å². The molecule has 0 N–H and O–H groups in total. The van der Waals surface area contributed by atoms with Gasteiger partial charge in [0.15, 0.2) is 0 Å². The Morgan fingerprint density at radius 1 is 0.438 bits per heavy atom. The summed E-state index contributed by atoms with van der Waals surface area (Å²) in [5.41, 5.74) is 8.45. The molecule has 6 aromatic rings. The van der Waals surface area contributed by atoms with Crippen LogP contribution in [0.3, 0.4) is 0 Å². The molecule has 0 spiro atoms. The van der Waals surface area contributed by atoms with E-state index in [0.717, 1.165) is 4.47 Å². The zero-order valence-electron chi connectivity index (χ0n) is 17.4. The Hall–Kier alpha value is -3.62. The van der Waals surface area contributed by atoms with Gasteiger partial charge in [0.2, 0.25) is 0 Å². The number of benzene rings is 5. The topological polar surface area (TPSA) is 4.93 Å². The number of hydrogen-bond donors (Lipinski definition) is 0. The van der Waals surface area contributed by atoms with Crippen LogP contribution in [0.5, 0.6) is 0 Å². The van der Waals surface area contributed by atoms with E-state index in [2.05, 4.69) is 142 Å². The monoisotopic (exact) mass is 473 g/mol. The summed E-state index contributed by atoms with van der Waals surface area (Å²) in [6.45, 7) is 0. The SMILES string of the molecule is Brc1ccc2c(c1)c1ccccc1n2-c1cc(-c2ccccc2)cc(-c2ccccc2)c1. The number of para-hydroxylation sites is 1. The molecular formula is C30H20BrN. The van der Waals surface area contributed by atoms with Crippen LogP contribution in [-0.4, -0.2) is 4.57 Å². The molecule has 32 heavy (non-hydrogen) atoms. The van der Waals surface area contributed by atoms with Crippen molar-refractivity contribution in [1.29, 1.82) is 0 Å². The van der Waals surface area contributed by atoms with Crippen molar-refractivity contribution in [1.82, 2.24) is 4.57 Å². The first-order valence-electron chi connectivity index (χ1n) is 10.7. The molecule has 5 aromatic carbocycles. The van der Waals surface area contributed by atoms with E-state index in [1.54, 1.807) is 0 Å². The summed E-state index contributed by atoms with van der Waals surface area (Å²) in [7, 11) is 0. The van der Waals surface area contributed by atoms with Crippen molar-refractivity contribution >= 4 is 37.7 Å². The van der Waals surface area contributed by atoms with Gasteiger partial charge in [-0.15, -0.1) is 0 Å². The van der Waals surface area contributed by atoms with E-state index in [1.165, 1.54) is 49.7 Å². The van der Waals surface area contributed by atoms with Crippen LogP contribution >= 0.6 is 15.9 Å². The van der Waals surface area contributed by atoms with Gasteiger partial charge in [-0.05, 0) is 64.7 Å². The van der Waals surface area contributed by atoms with Gasteiger partial charge in [-0.2, -0.15) is 0 Å². The van der Waals surface area contributed by atoms with Crippen molar-refractivity contribution < 1.29 is 0 Å². The van der Waals surface area contributed by atoms with E-state index in [9.17, 15) is 0 Å². The Kier molecular flexibility index (Phi) is 4.66. The molecule has 0 aliphatic rings. The van der Waals surface area contributed by atoms with Crippen molar-refractivity contribution in [2.24, 2.45) is 0 Å². The average molecular weight is 474 g/mol. The summed E-state index contributed by atoms with van der Waals surface area (Å²) < 4.78 is 3.48. The van der Waals surface area contributed by atoms with Gasteiger partial charge in [0, 0.05) is 20.9 Å². The van der Waals surface area contributed by atoms with E-state index >= 15 is 0 Å². The molecule has 1 aromatic heterocycles. The number of fused-ring (bicyclic) bond motifs is 3. The standard InChI is InChI=1S/C30H20BrN/c31-25-15-16-30-28(20-25)27-13-7-8-14-29(27)32(30)26-18-23(21-9-3-1-4-10-21)17-24(19-26)22-11-5-2-6-12-22/h1-20H. The third kappa shape index (κ3) is 3.24. The van der Waals surface area contributed by atoms with Gasteiger partial charge in [0.05, 0.1) is 11.0 Å². The second kappa shape index (κ2) is 7.81. The average Bonchev–Trinajstić information content (AvgIpc) is 3.18. The molecule has 2 heteroatoms. The summed E-state index contributed by atoms with van der Waals surface area (Å²) in [4.78, 5) is 0. The van der Waals surface area contributed by atoms with Gasteiger partial charge < -0.3 is 4.57 Å². The molecule has 0 unspecified atom stereocenters. The fourth-order valence-electron chi connectivity index (χ4n) is 4.56. The van der Waals surface area contributed by atoms with Crippen molar-refractivity contribution in [3.8, 4) is 27.9 Å². The van der Waals surface area contributed by atoms with Crippen LogP contribution in [0.4, 0.5) is 0 Å². The molecule has 0 atom stereocenters. The molecule has 1 nitrogen and oxygen atoms in total. The molecule has 0 bridgehead atoms. The van der Waals surface area contributed by atoms with Crippen LogP contribution in [0.2, 0.25) is 0 Å². The van der Waals surface area contributed by atoms with Crippen molar-refractivity contribution in [3.05, 3.63) is 126 Å². The van der Waals surface area contributed by atoms with Crippen LogP contribution in [0.25, 0.3) is 49.7 Å². The minimum Gasteiger partial charge on any atom is -0.309 e. The maximum Gasteiger partial charge on any atom is 0.0541 e. The summed E-state index contributed by atoms with van der Waals surface area (Å²) in [5, 5.41) is 2.51. The van der Waals surface area contributed by atoms with Gasteiger partial charge in [-0.3, -0.25) is 0 Å². The van der Waals surface area contributed by atoms with Gasteiger partial charge in [-0.1, -0.05) is 94.8 Å². The molecule has 6 rings (SSSR count). The molecule has 0 amide bonds. The fraction of sp³-hybridized carbons (Fsp3) is 0. The van der Waals surface area contributed by atoms with Crippen molar-refractivity contribution in [2.75, 3.05) is 0 Å². The molecule has 0 aliphatic carbocycles. The van der Waals surface area contributed by atoms with Crippen LogP contribution in [0, 0.1) is 0 Å². The summed E-state index contributed by atoms with van der Waals surface area (Å²) >= 11 is 3.66. The molecule has 0 saturated heterocycles. The van der Waals surface area contributed by atoms with Crippen LogP contribution in [0.15, 0.2) is 126 Å². The van der Waals surface area contributed by atoms with Crippen LogP contribution in [-0.2, 0) is 0 Å². The Morgan fingerprint density at radius 3 is 1.66 bits per heavy atom. The number of aromatic nitrogens is 1. The fourth-order valence-corrected chi connectivity index (χ4v) is 4.92. The molecular weight excluding hydrogens is 454 g/mol. The third-order valence-electron chi connectivity index (χ3n) is 6.02. The predicted molar refractivity (Wildman–Crippen MR) is 139 cm³/mol. The maximum absolute atomic E-state index is 3.66. The highest BCUT2D eigenvalue weighted by Crippen LogP contribution is 2.36. The largest absolute Gasteiger partial charge is 0.309 e. The highest BCUT2D eigenvalue weighted by Gasteiger charge is 2.14. The Balaban J connectivity index is 1.70. The predicted octanol–water partition coefficient (Wildman–Crippen LogP) is 8.88. The minimum atomic E-state index is 1.09. The number of halogens is 1. The van der Waals surface area contributed by atoms with E-state index in [-0.39, 0.29) is 0 Å². The Bertz CT molecular complexity index is 1510. The van der Waals surface area contributed by atoms with E-state index in [1.807, 2.05) is 0 Å². The maximum atomic E-state index is 3.66. The third-order valence-corrected chi connectivity index (χ3v) is 6.52. The van der Waals surface area contributed by atoms with Gasteiger partial charge in [0.25, 0.3) is 0 Å². The van der Waals surface area contributed by atoms with Gasteiger partial charge in [-0.25, -0.2) is 0 Å². The van der Waals surface area contributed by atoms with E-state index in [4.69, 9.17) is 0 Å². The van der Waals surface area contributed by atoms with Crippen molar-refractivity contribution in [2.45, 2.75) is 0 Å². The first kappa shape index (κ1) is 19.1. The lowest BCUT2D eigenvalue weighted by atomic mass is 9.98. The summed E-state index contributed by atoms with van der Waals surface area (Å²) in [5.74, 6) is 0. The van der Waals surface area contributed by atoms with Crippen molar-refractivity contribution in [3.63, 3.8) is 0 Å². The Labute approximate surface area is 195 Å². The summed E-state index contributed by atoms with van der Waals surface area (Å²) in [6.07, 6.45) is 0. The van der Waals surface area contributed by atoms with Crippen LogP contribution < -0.4 is 0 Å². The summed E-state index contributed by atoms with van der Waals surface area (Å²) in [6, 6.07) is 43.3. The molecule has 152 valence electrons. The lowest BCUT2D eigenvalue weighted by Crippen LogP contribution is -1.96. The zero-order valence-corrected chi connectivity index (χ0v) is 19.0. The molecule has 1 heterocycles. The molecule has 0 saturated carbocycles. The molecule has 0 aliphatic heterocycles. The van der Waals surface area contributed by atoms with Gasteiger partial charge >= 0.3 is 0 Å². The second-order valence-electron chi connectivity index (χ2n) is 8.01. The smallest absolute Gasteiger partial charge is 0.0541 e. The first-order valence-corrected chi connectivity index (χ1v) is 11.5. The molecule has 0 radical (unpaired) electrons. The lowest BCUT2D eigenvalue weighted by Gasteiger charge is -2.14. The normalized spacial score (nSPS) is 11.3. The lowest BCUT2D eigenvalue weighted by molar-refractivity contribution is 1.18. The van der Waals surface area contributed by atoms with E-state index < -0.39 is 0 Å². The number of rotatable bonds is 3. The number of hydrogen-bond acceptors (Lipinski definition) is 0. The number of nitrogens with zero attached hydrogens (tertiary/aromatic N) is 1. The zero-order chi connectivity index (χ0) is 21.5. The quantitative estimate of drug-likeness (QED) is 0.241. The van der Waals surface area contributed by atoms with Gasteiger partial charge in [0.1, 0.15) is 0 Å². The first-order chi connectivity index (χ1) is 15.8. The Morgan fingerprint density at radius 2 is 1.00 bits per heavy atom. The van der Waals surface area contributed by atoms with Crippen LogP contribution in [0.1, 0.15) is 0 Å².